The van der Waals surface area contributed by atoms with Gasteiger partial charge in [-0.2, -0.15) is 0 Å². The summed E-state index contributed by atoms with van der Waals surface area (Å²) in [5.41, 5.74) is 5.70. The summed E-state index contributed by atoms with van der Waals surface area (Å²) in [5, 5.41) is -0.538. The minimum Gasteiger partial charge on any atom is -0.470 e. The number of halogens is 3. The van der Waals surface area contributed by atoms with Crippen LogP contribution in [-0.2, 0) is 21.7 Å². The van der Waals surface area contributed by atoms with E-state index in [0.29, 0.717) is 18.5 Å². The average Bonchev–Trinajstić information content (AvgIpc) is 3.23. The van der Waals surface area contributed by atoms with Crippen molar-refractivity contribution in [3.63, 3.8) is 0 Å². The molecular weight excluding hydrogens is 483 g/mol. The summed E-state index contributed by atoms with van der Waals surface area (Å²) in [6.07, 6.45) is -0.0706. The number of alkyl halides is 2. The van der Waals surface area contributed by atoms with Crippen LogP contribution in [0.2, 0.25) is 0 Å². The van der Waals surface area contributed by atoms with Crippen LogP contribution in [0.25, 0.3) is 0 Å². The van der Waals surface area contributed by atoms with Crippen molar-refractivity contribution in [1.29, 1.82) is 0 Å². The summed E-state index contributed by atoms with van der Waals surface area (Å²) in [6.45, 7) is 4.73. The maximum Gasteiger partial charge on any atom is 0.272 e. The number of fused-ring (bicyclic) bond motifs is 1. The molecule has 3 atom stereocenters. The first kappa shape index (κ1) is 25.1. The van der Waals surface area contributed by atoms with Crippen molar-refractivity contribution >= 4 is 21.3 Å². The largest absolute Gasteiger partial charge is 0.470 e. The SMILES string of the molecule is CC1(C)C(N)=N[C@](C)(c2cc(CC(=O)c3cnc(OCC(F)F)cn3)ccc2F)[C@@H]2CCN=[S@@]21=O. The zero-order valence-corrected chi connectivity index (χ0v) is 20.3. The number of aliphatic imine (C=N–C) groups is 1. The summed E-state index contributed by atoms with van der Waals surface area (Å²) in [5.74, 6) is -0.931. The second kappa shape index (κ2) is 8.89. The van der Waals surface area contributed by atoms with Crippen molar-refractivity contribution in [2.75, 3.05) is 13.2 Å². The number of Topliss-reactive ketones (excluding diaryl/α,β-unsaturated/α-hetero) is 1. The van der Waals surface area contributed by atoms with Crippen LogP contribution in [0, 0.1) is 5.82 Å². The number of carbonyl (C=O) groups excluding carboxylic acids is 1. The monoisotopic (exact) mass is 509 g/mol. The van der Waals surface area contributed by atoms with Crippen LogP contribution in [0.5, 0.6) is 5.88 Å². The third-order valence-corrected chi connectivity index (χ3v) is 10.3. The fourth-order valence-electron chi connectivity index (χ4n) is 4.53. The van der Waals surface area contributed by atoms with E-state index in [4.69, 9.17) is 10.5 Å². The summed E-state index contributed by atoms with van der Waals surface area (Å²) in [7, 11) is -2.83. The van der Waals surface area contributed by atoms with E-state index in [0.717, 1.165) is 12.4 Å². The Bertz CT molecular complexity index is 1310. The molecule has 2 aliphatic heterocycles. The molecule has 2 N–H and O–H groups in total. The highest BCUT2D eigenvalue weighted by Crippen LogP contribution is 2.47. The molecule has 0 aliphatic carbocycles. The van der Waals surface area contributed by atoms with Gasteiger partial charge in [-0.05, 0) is 44.9 Å². The average molecular weight is 510 g/mol. The van der Waals surface area contributed by atoms with E-state index >= 15 is 4.39 Å². The molecule has 0 radical (unpaired) electrons. The van der Waals surface area contributed by atoms with Gasteiger partial charge in [-0.3, -0.25) is 9.79 Å². The molecule has 188 valence electrons. The van der Waals surface area contributed by atoms with Crippen LogP contribution in [0.3, 0.4) is 0 Å². The second-order valence-corrected chi connectivity index (χ2v) is 12.2. The fourth-order valence-corrected chi connectivity index (χ4v) is 7.70. The number of rotatable bonds is 7. The van der Waals surface area contributed by atoms with Crippen LogP contribution < -0.4 is 10.5 Å². The van der Waals surface area contributed by atoms with Gasteiger partial charge >= 0.3 is 0 Å². The van der Waals surface area contributed by atoms with E-state index in [1.165, 1.54) is 18.2 Å². The van der Waals surface area contributed by atoms with Gasteiger partial charge in [-0.25, -0.2) is 31.7 Å². The topological polar surface area (TPSA) is 120 Å². The van der Waals surface area contributed by atoms with Crippen LogP contribution in [0.15, 0.2) is 39.9 Å². The standard InChI is InChI=1S/C23H26F3N5O3S/c1-22(2)21(27)31-23(3,18-6-7-30-35(18,22)33)14-8-13(4-5-15(14)24)9-17(32)16-10-29-20(11-28-16)34-12-19(25)26/h4-5,8,10-11,18-19H,6-7,9,12H2,1-3H3,(H2,27,31)/t18-,23+,35+/m0/s1. The number of nitrogens with zero attached hydrogens (tertiary/aromatic N) is 4. The van der Waals surface area contributed by atoms with Crippen molar-refractivity contribution in [2.45, 2.75) is 55.6 Å². The summed E-state index contributed by atoms with van der Waals surface area (Å²) >= 11 is 0. The Balaban J connectivity index is 1.63. The maximum absolute atomic E-state index is 15.1. The Morgan fingerprint density at radius 1 is 1.26 bits per heavy atom. The van der Waals surface area contributed by atoms with E-state index in [9.17, 15) is 17.8 Å². The molecule has 8 nitrogen and oxygen atoms in total. The molecule has 3 heterocycles. The molecular formula is C23H26F3N5O3S. The first-order valence-corrected chi connectivity index (χ1v) is 12.6. The molecule has 0 saturated heterocycles. The van der Waals surface area contributed by atoms with Gasteiger partial charge in [0.25, 0.3) is 6.43 Å². The van der Waals surface area contributed by atoms with Crippen LogP contribution >= 0.6 is 0 Å². The molecule has 12 heteroatoms. The first-order chi connectivity index (χ1) is 16.4. The molecule has 2 aromatic rings. The Morgan fingerprint density at radius 2 is 2.00 bits per heavy atom. The molecule has 0 spiro atoms. The number of carbonyl (C=O) groups is 1. The quantitative estimate of drug-likeness (QED) is 0.572. The smallest absolute Gasteiger partial charge is 0.272 e. The van der Waals surface area contributed by atoms with Gasteiger partial charge < -0.3 is 10.5 Å². The van der Waals surface area contributed by atoms with Gasteiger partial charge in [0.05, 0.1) is 27.4 Å². The minimum atomic E-state index is -2.83. The van der Waals surface area contributed by atoms with E-state index in [1.807, 2.05) is 0 Å². The zero-order chi connectivity index (χ0) is 25.6. The number of nitrogens with two attached hydrogens (primary N) is 1. The van der Waals surface area contributed by atoms with Crippen LogP contribution in [-0.4, -0.2) is 55.4 Å². The Labute approximate surface area is 201 Å². The van der Waals surface area contributed by atoms with Gasteiger partial charge in [0.1, 0.15) is 27.6 Å². The predicted molar refractivity (Wildman–Crippen MR) is 125 cm³/mol. The van der Waals surface area contributed by atoms with Crippen molar-refractivity contribution in [3.05, 3.63) is 53.2 Å². The van der Waals surface area contributed by atoms with E-state index < -0.39 is 49.9 Å². The Kier molecular flexibility index (Phi) is 6.37. The minimum absolute atomic E-state index is 0.00535. The van der Waals surface area contributed by atoms with Gasteiger partial charge in [0, 0.05) is 18.5 Å². The molecule has 4 rings (SSSR count). The van der Waals surface area contributed by atoms with Gasteiger partial charge in [0.15, 0.2) is 12.4 Å². The first-order valence-electron chi connectivity index (χ1n) is 11.0. The fraction of sp³-hybridized carbons (Fsp3) is 0.478. The highest BCUT2D eigenvalue weighted by Gasteiger charge is 2.56. The third-order valence-electron chi connectivity index (χ3n) is 6.60. The number of benzene rings is 1. The van der Waals surface area contributed by atoms with E-state index in [-0.39, 0.29) is 29.4 Å². The van der Waals surface area contributed by atoms with E-state index in [1.54, 1.807) is 20.8 Å². The number of hydrogen-bond acceptors (Lipinski definition) is 8. The van der Waals surface area contributed by atoms with Gasteiger partial charge in [-0.1, -0.05) is 6.07 Å². The van der Waals surface area contributed by atoms with E-state index in [2.05, 4.69) is 19.3 Å². The normalized spacial score (nSPS) is 27.2. The lowest BCUT2D eigenvalue weighted by atomic mass is 9.84. The lowest BCUT2D eigenvalue weighted by Gasteiger charge is -2.44. The predicted octanol–water partition coefficient (Wildman–Crippen LogP) is 3.29. The number of amidine groups is 1. The highest BCUT2D eigenvalue weighted by molar-refractivity contribution is 7.96. The number of ether oxygens (including phenoxy) is 1. The Hall–Kier alpha value is -3.02. The number of aromatic nitrogens is 2. The van der Waals surface area contributed by atoms with Gasteiger partial charge in [-0.15, -0.1) is 0 Å². The molecule has 0 bridgehead atoms. The third kappa shape index (κ3) is 4.28. The van der Waals surface area contributed by atoms with Gasteiger partial charge in [0.2, 0.25) is 5.88 Å². The lowest BCUT2D eigenvalue weighted by Crippen LogP contribution is -2.58. The number of ketones is 1. The maximum atomic E-state index is 15.1. The molecule has 0 saturated carbocycles. The summed E-state index contributed by atoms with van der Waals surface area (Å²) in [6, 6.07) is 4.26. The molecule has 0 amide bonds. The van der Waals surface area contributed by atoms with Crippen LogP contribution in [0.4, 0.5) is 13.2 Å². The summed E-state index contributed by atoms with van der Waals surface area (Å²) < 4.78 is 61.8. The Morgan fingerprint density at radius 3 is 2.66 bits per heavy atom. The highest BCUT2D eigenvalue weighted by atomic mass is 32.2. The summed E-state index contributed by atoms with van der Waals surface area (Å²) in [4.78, 5) is 25.1. The van der Waals surface area contributed by atoms with Crippen molar-refractivity contribution in [1.82, 2.24) is 9.97 Å². The zero-order valence-electron chi connectivity index (χ0n) is 19.5. The van der Waals surface area contributed by atoms with Crippen LogP contribution in [0.1, 0.15) is 48.8 Å². The molecule has 0 fully saturated rings. The number of hydrogen-bond donors (Lipinski definition) is 1. The van der Waals surface area contributed by atoms with Crippen molar-refractivity contribution < 1.29 is 26.9 Å². The molecule has 35 heavy (non-hydrogen) atoms. The second-order valence-electron chi connectivity index (χ2n) is 9.21. The molecule has 1 aromatic carbocycles. The lowest BCUT2D eigenvalue weighted by molar-refractivity contribution is 0.0792. The molecule has 0 unspecified atom stereocenters. The molecule has 1 aromatic heterocycles. The van der Waals surface area contributed by atoms with Crippen molar-refractivity contribution in [3.8, 4) is 5.88 Å². The molecule has 2 aliphatic rings. The van der Waals surface area contributed by atoms with Crippen molar-refractivity contribution in [2.24, 2.45) is 15.1 Å².